The highest BCUT2D eigenvalue weighted by Crippen LogP contribution is 2.40. The minimum atomic E-state index is -4.39. The molecule has 2 heterocycles. The first-order valence-corrected chi connectivity index (χ1v) is 12.5. The molecule has 196 valence electrons. The summed E-state index contributed by atoms with van der Waals surface area (Å²) in [5, 5.41) is 3.71. The van der Waals surface area contributed by atoms with E-state index in [1.54, 1.807) is 31.3 Å². The standard InChI is InChI=1S/C27H23F4N5OS/c1-36-22-13-16(8-11-21(22)34-26(36)37)24-23(19-4-2-3-5-20(19)28)35-25(38-24)33-14-18(32)12-15-6-9-17(10-7-15)27(29,30)31/h2-11,13,18H,12,14,32H2,1H3,(H,33,35)(H,34,37)/t18-/m0/s1. The first-order valence-electron chi connectivity index (χ1n) is 11.7. The zero-order valence-electron chi connectivity index (χ0n) is 20.1. The van der Waals surface area contributed by atoms with Gasteiger partial charge in [-0.15, -0.1) is 0 Å². The topological polar surface area (TPSA) is 88.7 Å². The summed E-state index contributed by atoms with van der Waals surface area (Å²) in [4.78, 5) is 20.2. The van der Waals surface area contributed by atoms with Crippen molar-refractivity contribution in [3.63, 3.8) is 0 Å². The average molecular weight is 542 g/mol. The highest BCUT2D eigenvalue weighted by molar-refractivity contribution is 7.19. The van der Waals surface area contributed by atoms with Crippen LogP contribution in [0.15, 0.2) is 71.5 Å². The van der Waals surface area contributed by atoms with Crippen molar-refractivity contribution < 1.29 is 17.6 Å². The van der Waals surface area contributed by atoms with E-state index >= 15 is 0 Å². The van der Waals surface area contributed by atoms with Gasteiger partial charge in [-0.2, -0.15) is 13.2 Å². The molecule has 0 unspecified atom stereocenters. The van der Waals surface area contributed by atoms with Crippen LogP contribution in [0.25, 0.3) is 32.7 Å². The fourth-order valence-electron chi connectivity index (χ4n) is 4.21. The number of nitrogens with zero attached hydrogens (tertiary/aromatic N) is 2. The van der Waals surface area contributed by atoms with E-state index in [0.29, 0.717) is 50.8 Å². The number of rotatable bonds is 7. The predicted octanol–water partition coefficient (Wildman–Crippen LogP) is 5.80. The molecule has 38 heavy (non-hydrogen) atoms. The van der Waals surface area contributed by atoms with Crippen molar-refractivity contribution in [3.8, 4) is 21.7 Å². The predicted molar refractivity (Wildman–Crippen MR) is 142 cm³/mol. The molecular formula is C27H23F4N5OS. The number of halogens is 4. The SMILES string of the molecule is Cn1c(=O)[nH]c2ccc(-c3sc(NC[C@@H](N)Cc4ccc(C(F)(F)F)cc4)nc3-c3ccccc3F)cc21. The number of imidazole rings is 1. The Bertz CT molecular complexity index is 1650. The van der Waals surface area contributed by atoms with Crippen LogP contribution in [0.3, 0.4) is 0 Å². The van der Waals surface area contributed by atoms with Gasteiger partial charge >= 0.3 is 11.9 Å². The zero-order valence-corrected chi connectivity index (χ0v) is 21.0. The van der Waals surface area contributed by atoms with Crippen molar-refractivity contribution in [2.24, 2.45) is 12.8 Å². The summed E-state index contributed by atoms with van der Waals surface area (Å²) >= 11 is 1.32. The van der Waals surface area contributed by atoms with E-state index in [1.165, 1.54) is 34.1 Å². The molecule has 0 spiro atoms. The minimum Gasteiger partial charge on any atom is -0.360 e. The van der Waals surface area contributed by atoms with E-state index < -0.39 is 23.6 Å². The zero-order chi connectivity index (χ0) is 27.0. The lowest BCUT2D eigenvalue weighted by molar-refractivity contribution is -0.137. The summed E-state index contributed by atoms with van der Waals surface area (Å²) in [5.41, 5.74) is 8.93. The molecule has 5 aromatic rings. The van der Waals surface area contributed by atoms with Crippen molar-refractivity contribution in [3.05, 3.63) is 94.2 Å². The third-order valence-electron chi connectivity index (χ3n) is 6.22. The molecule has 0 bridgehead atoms. The monoisotopic (exact) mass is 541 g/mol. The van der Waals surface area contributed by atoms with E-state index in [0.717, 1.165) is 17.7 Å². The number of aromatic amines is 1. The van der Waals surface area contributed by atoms with Crippen LogP contribution >= 0.6 is 11.3 Å². The van der Waals surface area contributed by atoms with Crippen molar-refractivity contribution in [1.29, 1.82) is 0 Å². The molecule has 0 aliphatic carbocycles. The molecular weight excluding hydrogens is 518 g/mol. The maximum Gasteiger partial charge on any atom is 0.416 e. The molecule has 0 radical (unpaired) electrons. The summed E-state index contributed by atoms with van der Waals surface area (Å²) in [7, 11) is 1.67. The summed E-state index contributed by atoms with van der Waals surface area (Å²) in [6, 6.07) is 16.4. The lowest BCUT2D eigenvalue weighted by atomic mass is 10.0. The second-order valence-electron chi connectivity index (χ2n) is 8.94. The highest BCUT2D eigenvalue weighted by Gasteiger charge is 2.30. The van der Waals surface area contributed by atoms with Gasteiger partial charge in [0.25, 0.3) is 0 Å². The van der Waals surface area contributed by atoms with Gasteiger partial charge < -0.3 is 16.0 Å². The van der Waals surface area contributed by atoms with Gasteiger partial charge in [0.15, 0.2) is 5.13 Å². The molecule has 11 heteroatoms. The molecule has 0 aliphatic rings. The maximum absolute atomic E-state index is 14.8. The first kappa shape index (κ1) is 25.7. The smallest absolute Gasteiger partial charge is 0.360 e. The number of aryl methyl sites for hydroxylation is 1. The normalized spacial score (nSPS) is 12.7. The Morgan fingerprint density at radius 1 is 1.11 bits per heavy atom. The molecule has 6 nitrogen and oxygen atoms in total. The van der Waals surface area contributed by atoms with Gasteiger partial charge in [0.2, 0.25) is 0 Å². The van der Waals surface area contributed by atoms with Crippen LogP contribution < -0.4 is 16.7 Å². The van der Waals surface area contributed by atoms with E-state index in [9.17, 15) is 22.4 Å². The van der Waals surface area contributed by atoms with Crippen molar-refractivity contribution in [2.45, 2.75) is 18.6 Å². The Morgan fingerprint density at radius 2 is 1.84 bits per heavy atom. The largest absolute Gasteiger partial charge is 0.416 e. The quantitative estimate of drug-likeness (QED) is 0.227. The Balaban J connectivity index is 1.41. The third kappa shape index (κ3) is 5.20. The van der Waals surface area contributed by atoms with E-state index in [1.807, 2.05) is 12.1 Å². The van der Waals surface area contributed by atoms with Crippen LogP contribution in [0, 0.1) is 5.82 Å². The molecule has 5 rings (SSSR count). The van der Waals surface area contributed by atoms with Crippen LogP contribution in [0.4, 0.5) is 22.7 Å². The molecule has 0 aliphatic heterocycles. The van der Waals surface area contributed by atoms with Gasteiger partial charge in [-0.1, -0.05) is 41.7 Å². The molecule has 3 aromatic carbocycles. The lowest BCUT2D eigenvalue weighted by Crippen LogP contribution is -2.31. The van der Waals surface area contributed by atoms with Gasteiger partial charge in [0.1, 0.15) is 5.82 Å². The molecule has 0 amide bonds. The number of alkyl halides is 3. The van der Waals surface area contributed by atoms with E-state index in [4.69, 9.17) is 5.73 Å². The lowest BCUT2D eigenvalue weighted by Gasteiger charge is -2.13. The number of thiazole rings is 1. The van der Waals surface area contributed by atoms with E-state index in [2.05, 4.69) is 15.3 Å². The van der Waals surface area contributed by atoms with Crippen molar-refractivity contribution >= 4 is 27.5 Å². The van der Waals surface area contributed by atoms with Crippen LogP contribution in [-0.4, -0.2) is 27.1 Å². The minimum absolute atomic E-state index is 0.236. The number of nitrogens with one attached hydrogen (secondary N) is 2. The number of benzene rings is 3. The Labute approximate surface area is 218 Å². The average Bonchev–Trinajstić information content (AvgIpc) is 3.43. The molecule has 0 fully saturated rings. The summed E-state index contributed by atoms with van der Waals surface area (Å²) in [5.74, 6) is -0.417. The number of hydrogen-bond acceptors (Lipinski definition) is 5. The van der Waals surface area contributed by atoms with Gasteiger partial charge in [-0.05, 0) is 53.9 Å². The third-order valence-corrected chi connectivity index (χ3v) is 7.28. The Morgan fingerprint density at radius 3 is 2.55 bits per heavy atom. The number of anilines is 1. The van der Waals surface area contributed by atoms with Gasteiger partial charge in [-0.25, -0.2) is 14.2 Å². The molecule has 0 saturated carbocycles. The fourth-order valence-corrected chi connectivity index (χ4v) is 5.20. The molecule has 4 N–H and O–H groups in total. The fraction of sp³-hybridized carbons (Fsp3) is 0.185. The van der Waals surface area contributed by atoms with Crippen LogP contribution in [0.2, 0.25) is 0 Å². The summed E-state index contributed by atoms with van der Waals surface area (Å²) < 4.78 is 54.7. The molecule has 2 aromatic heterocycles. The number of aromatic nitrogens is 3. The molecule has 1 atom stereocenters. The second-order valence-corrected chi connectivity index (χ2v) is 9.94. The highest BCUT2D eigenvalue weighted by atomic mass is 32.1. The first-order chi connectivity index (χ1) is 18.1. The van der Waals surface area contributed by atoms with Crippen LogP contribution in [0.1, 0.15) is 11.1 Å². The number of fused-ring (bicyclic) bond motifs is 1. The number of H-pyrrole nitrogens is 1. The number of nitrogens with two attached hydrogens (primary N) is 1. The van der Waals surface area contributed by atoms with Gasteiger partial charge in [0.05, 0.1) is 27.2 Å². The summed E-state index contributed by atoms with van der Waals surface area (Å²) in [6.07, 6.45) is -4.03. The van der Waals surface area contributed by atoms with Gasteiger partial charge in [-0.3, -0.25) is 4.57 Å². The van der Waals surface area contributed by atoms with Crippen LogP contribution in [-0.2, 0) is 19.6 Å². The number of hydrogen-bond donors (Lipinski definition) is 3. The van der Waals surface area contributed by atoms with Gasteiger partial charge in [0, 0.05) is 25.2 Å². The van der Waals surface area contributed by atoms with Crippen molar-refractivity contribution in [2.75, 3.05) is 11.9 Å². The second kappa shape index (κ2) is 10.1. The maximum atomic E-state index is 14.8. The summed E-state index contributed by atoms with van der Waals surface area (Å²) in [6.45, 7) is 0.302. The molecule has 0 saturated heterocycles. The Kier molecular flexibility index (Phi) is 6.80. The van der Waals surface area contributed by atoms with Crippen LogP contribution in [0.5, 0.6) is 0 Å². The Hall–Kier alpha value is -3.96. The van der Waals surface area contributed by atoms with E-state index in [-0.39, 0.29) is 5.69 Å². The van der Waals surface area contributed by atoms with Crippen molar-refractivity contribution in [1.82, 2.24) is 14.5 Å².